The van der Waals surface area contributed by atoms with E-state index in [0.29, 0.717) is 11.3 Å². The molecule has 18 heavy (non-hydrogen) atoms. The van der Waals surface area contributed by atoms with Gasteiger partial charge in [0, 0.05) is 12.8 Å². The quantitative estimate of drug-likeness (QED) is 0.557. The SMILES string of the molecule is O=Cc1cccc(C(=O)ON2C(=O)CCC2=O)n1. The van der Waals surface area contributed by atoms with Gasteiger partial charge in [-0.15, -0.1) is 5.06 Å². The molecule has 0 radical (unpaired) electrons. The maximum Gasteiger partial charge on any atom is 0.382 e. The van der Waals surface area contributed by atoms with E-state index in [-0.39, 0.29) is 24.2 Å². The maximum absolute atomic E-state index is 11.6. The van der Waals surface area contributed by atoms with Gasteiger partial charge in [-0.3, -0.25) is 14.4 Å². The van der Waals surface area contributed by atoms with Gasteiger partial charge in [0.05, 0.1) is 0 Å². The Morgan fingerprint density at radius 1 is 1.28 bits per heavy atom. The van der Waals surface area contributed by atoms with Gasteiger partial charge in [-0.2, -0.15) is 0 Å². The maximum atomic E-state index is 11.6. The minimum absolute atomic E-state index is 0.0217. The van der Waals surface area contributed by atoms with Crippen molar-refractivity contribution < 1.29 is 24.0 Å². The van der Waals surface area contributed by atoms with Crippen LogP contribution in [-0.2, 0) is 14.4 Å². The van der Waals surface area contributed by atoms with Crippen molar-refractivity contribution >= 4 is 24.1 Å². The van der Waals surface area contributed by atoms with Crippen LogP contribution in [0.15, 0.2) is 18.2 Å². The number of hydrogen-bond acceptors (Lipinski definition) is 6. The van der Waals surface area contributed by atoms with Gasteiger partial charge >= 0.3 is 5.97 Å². The summed E-state index contributed by atoms with van der Waals surface area (Å²) in [6.07, 6.45) is 0.519. The monoisotopic (exact) mass is 248 g/mol. The molecule has 0 N–H and O–H groups in total. The first-order valence-electron chi connectivity index (χ1n) is 5.12. The molecule has 0 saturated carbocycles. The Bertz CT molecular complexity index is 524. The number of carbonyl (C=O) groups is 4. The topological polar surface area (TPSA) is 93.6 Å². The van der Waals surface area contributed by atoms with Crippen molar-refractivity contribution in [2.24, 2.45) is 0 Å². The lowest BCUT2D eigenvalue weighted by Gasteiger charge is -2.11. The number of imide groups is 1. The summed E-state index contributed by atoms with van der Waals surface area (Å²) in [4.78, 5) is 52.9. The molecule has 92 valence electrons. The molecule has 0 bridgehead atoms. The highest BCUT2D eigenvalue weighted by atomic mass is 16.7. The van der Waals surface area contributed by atoms with E-state index in [1.165, 1.54) is 18.2 Å². The first-order chi connectivity index (χ1) is 8.61. The van der Waals surface area contributed by atoms with Gasteiger partial charge in [-0.25, -0.2) is 9.78 Å². The van der Waals surface area contributed by atoms with E-state index in [1.807, 2.05) is 0 Å². The zero-order chi connectivity index (χ0) is 13.1. The lowest BCUT2D eigenvalue weighted by Crippen LogP contribution is -2.32. The molecule has 0 atom stereocenters. The summed E-state index contributed by atoms with van der Waals surface area (Å²) >= 11 is 0. The number of hydrogen-bond donors (Lipinski definition) is 0. The van der Waals surface area contributed by atoms with Gasteiger partial charge in [0.2, 0.25) is 0 Å². The Labute approximate surface area is 101 Å². The Morgan fingerprint density at radius 2 is 1.94 bits per heavy atom. The first-order valence-corrected chi connectivity index (χ1v) is 5.12. The fraction of sp³-hybridized carbons (Fsp3) is 0.182. The number of nitrogens with zero attached hydrogens (tertiary/aromatic N) is 2. The molecular weight excluding hydrogens is 240 g/mol. The van der Waals surface area contributed by atoms with Crippen LogP contribution in [0.5, 0.6) is 0 Å². The number of rotatable bonds is 3. The fourth-order valence-electron chi connectivity index (χ4n) is 1.42. The second kappa shape index (κ2) is 4.74. The van der Waals surface area contributed by atoms with Crippen molar-refractivity contribution in [3.8, 4) is 0 Å². The number of amides is 2. The lowest BCUT2D eigenvalue weighted by molar-refractivity contribution is -0.172. The summed E-state index contributed by atoms with van der Waals surface area (Å²) in [6, 6.07) is 4.18. The van der Waals surface area contributed by atoms with Crippen molar-refractivity contribution in [2.45, 2.75) is 12.8 Å². The molecule has 2 rings (SSSR count). The van der Waals surface area contributed by atoms with E-state index in [1.54, 1.807) is 0 Å². The average Bonchev–Trinajstić information content (AvgIpc) is 2.70. The molecule has 1 aliphatic rings. The van der Waals surface area contributed by atoms with Crippen LogP contribution < -0.4 is 0 Å². The van der Waals surface area contributed by atoms with Crippen LogP contribution in [0.25, 0.3) is 0 Å². The van der Waals surface area contributed by atoms with Crippen LogP contribution in [0.2, 0.25) is 0 Å². The summed E-state index contributed by atoms with van der Waals surface area (Å²) in [5.74, 6) is -2.10. The van der Waals surface area contributed by atoms with Crippen molar-refractivity contribution in [1.82, 2.24) is 10.0 Å². The van der Waals surface area contributed by atoms with Gasteiger partial charge in [-0.05, 0) is 12.1 Å². The predicted molar refractivity (Wildman–Crippen MR) is 56.1 cm³/mol. The Morgan fingerprint density at radius 3 is 2.56 bits per heavy atom. The third-order valence-corrected chi connectivity index (χ3v) is 2.28. The lowest BCUT2D eigenvalue weighted by atomic mass is 10.3. The first kappa shape index (κ1) is 11.9. The predicted octanol–water partition coefficient (Wildman–Crippen LogP) is 0.115. The van der Waals surface area contributed by atoms with E-state index < -0.39 is 17.8 Å². The summed E-state index contributed by atoms with van der Waals surface area (Å²) in [7, 11) is 0. The molecule has 1 aromatic rings. The molecule has 2 amide bonds. The van der Waals surface area contributed by atoms with Gasteiger partial charge in [-0.1, -0.05) is 6.07 Å². The second-order valence-electron chi connectivity index (χ2n) is 3.53. The molecular formula is C11H8N2O5. The van der Waals surface area contributed by atoms with Crippen molar-refractivity contribution in [3.63, 3.8) is 0 Å². The van der Waals surface area contributed by atoms with Crippen LogP contribution in [0.3, 0.4) is 0 Å². The Hall–Kier alpha value is -2.57. The fourth-order valence-corrected chi connectivity index (χ4v) is 1.42. The van der Waals surface area contributed by atoms with E-state index in [4.69, 9.17) is 0 Å². The molecule has 1 aromatic heterocycles. The summed E-state index contributed by atoms with van der Waals surface area (Å²) in [6.45, 7) is 0. The summed E-state index contributed by atoms with van der Waals surface area (Å²) in [5.41, 5.74) is -0.0874. The number of pyridine rings is 1. The third-order valence-electron chi connectivity index (χ3n) is 2.28. The summed E-state index contributed by atoms with van der Waals surface area (Å²) < 4.78 is 0. The van der Waals surface area contributed by atoms with Crippen molar-refractivity contribution in [2.75, 3.05) is 0 Å². The molecule has 0 aromatic carbocycles. The largest absolute Gasteiger partial charge is 0.382 e. The minimum Gasteiger partial charge on any atom is -0.323 e. The van der Waals surface area contributed by atoms with Crippen LogP contribution >= 0.6 is 0 Å². The number of hydroxylamine groups is 2. The Balaban J connectivity index is 2.14. The highest BCUT2D eigenvalue weighted by Gasteiger charge is 2.33. The van der Waals surface area contributed by atoms with E-state index in [0.717, 1.165) is 0 Å². The molecule has 0 unspecified atom stereocenters. The molecule has 7 nitrogen and oxygen atoms in total. The van der Waals surface area contributed by atoms with Crippen molar-refractivity contribution in [3.05, 3.63) is 29.6 Å². The smallest absolute Gasteiger partial charge is 0.323 e. The third kappa shape index (κ3) is 2.24. The van der Waals surface area contributed by atoms with E-state index >= 15 is 0 Å². The number of aldehydes is 1. The van der Waals surface area contributed by atoms with E-state index in [9.17, 15) is 19.2 Å². The molecule has 1 saturated heterocycles. The number of carbonyl (C=O) groups excluding carboxylic acids is 4. The van der Waals surface area contributed by atoms with Crippen LogP contribution in [0.1, 0.15) is 33.8 Å². The van der Waals surface area contributed by atoms with Gasteiger partial charge in [0.25, 0.3) is 11.8 Å². The Kier molecular flexibility index (Phi) is 3.13. The van der Waals surface area contributed by atoms with Crippen molar-refractivity contribution in [1.29, 1.82) is 0 Å². The van der Waals surface area contributed by atoms with Crippen LogP contribution in [0, 0.1) is 0 Å². The normalized spacial score (nSPS) is 14.8. The molecule has 2 heterocycles. The molecule has 1 fully saturated rings. The molecule has 0 spiro atoms. The minimum atomic E-state index is -0.956. The van der Waals surface area contributed by atoms with E-state index in [2.05, 4.69) is 9.82 Å². The zero-order valence-electron chi connectivity index (χ0n) is 9.16. The van der Waals surface area contributed by atoms with Gasteiger partial charge in [0.15, 0.2) is 12.0 Å². The van der Waals surface area contributed by atoms with Gasteiger partial charge in [0.1, 0.15) is 5.69 Å². The molecule has 1 aliphatic heterocycles. The van der Waals surface area contributed by atoms with Crippen LogP contribution in [0.4, 0.5) is 0 Å². The average molecular weight is 248 g/mol. The standard InChI is InChI=1S/C11H8N2O5/c14-6-7-2-1-3-8(12-7)11(17)18-13-9(15)4-5-10(13)16/h1-3,6H,4-5H2. The second-order valence-corrected chi connectivity index (χ2v) is 3.53. The highest BCUT2D eigenvalue weighted by Crippen LogP contribution is 2.13. The molecule has 0 aliphatic carbocycles. The zero-order valence-corrected chi connectivity index (χ0v) is 9.16. The molecule has 7 heteroatoms. The summed E-state index contributed by atoms with van der Waals surface area (Å²) in [5, 5.41) is 0.428. The highest BCUT2D eigenvalue weighted by molar-refractivity contribution is 6.02. The number of aromatic nitrogens is 1. The van der Waals surface area contributed by atoms with Crippen LogP contribution in [-0.4, -0.2) is 34.1 Å². The van der Waals surface area contributed by atoms with Gasteiger partial charge < -0.3 is 4.84 Å².